The van der Waals surface area contributed by atoms with Crippen LogP contribution in [0.4, 0.5) is 5.13 Å². The van der Waals surface area contributed by atoms with E-state index in [0.29, 0.717) is 27.4 Å². The predicted octanol–water partition coefficient (Wildman–Crippen LogP) is 4.27. The lowest BCUT2D eigenvalue weighted by Gasteiger charge is -2.05. The van der Waals surface area contributed by atoms with Crippen molar-refractivity contribution in [1.82, 2.24) is 20.0 Å². The van der Waals surface area contributed by atoms with Gasteiger partial charge in [0.15, 0.2) is 10.8 Å². The minimum Gasteiger partial charge on any atom is -0.296 e. The number of halogens is 2. The summed E-state index contributed by atoms with van der Waals surface area (Å²) in [6, 6.07) is 5.36. The third-order valence-corrected chi connectivity index (χ3v) is 5.49. The van der Waals surface area contributed by atoms with E-state index in [1.165, 1.54) is 11.3 Å². The van der Waals surface area contributed by atoms with Crippen LogP contribution in [0.25, 0.3) is 0 Å². The number of amides is 1. The Labute approximate surface area is 158 Å². The Morgan fingerprint density at radius 3 is 2.64 bits per heavy atom. The molecular formula is C16H15Cl2N5OS. The minimum absolute atomic E-state index is 0.269. The first-order chi connectivity index (χ1) is 11.8. The molecule has 2 aromatic heterocycles. The molecule has 0 bridgehead atoms. The summed E-state index contributed by atoms with van der Waals surface area (Å²) in [5.41, 5.74) is 2.75. The normalized spacial score (nSPS) is 10.9. The predicted molar refractivity (Wildman–Crippen MR) is 99.9 cm³/mol. The van der Waals surface area contributed by atoms with Gasteiger partial charge in [0.05, 0.1) is 28.0 Å². The van der Waals surface area contributed by atoms with E-state index in [-0.39, 0.29) is 11.6 Å². The van der Waals surface area contributed by atoms with E-state index < -0.39 is 0 Å². The minimum atomic E-state index is -0.327. The quantitative estimate of drug-likeness (QED) is 0.715. The molecule has 9 heteroatoms. The number of hydrogen-bond acceptors (Lipinski definition) is 5. The van der Waals surface area contributed by atoms with E-state index >= 15 is 0 Å². The zero-order valence-corrected chi connectivity index (χ0v) is 16.1. The maximum Gasteiger partial charge on any atom is 0.279 e. The van der Waals surface area contributed by atoms with Crippen molar-refractivity contribution in [2.24, 2.45) is 0 Å². The summed E-state index contributed by atoms with van der Waals surface area (Å²) in [7, 11) is 0. The van der Waals surface area contributed by atoms with Gasteiger partial charge < -0.3 is 0 Å². The van der Waals surface area contributed by atoms with Crippen LogP contribution in [0.3, 0.4) is 0 Å². The highest BCUT2D eigenvalue weighted by atomic mass is 35.5. The van der Waals surface area contributed by atoms with E-state index in [2.05, 4.69) is 20.6 Å². The first-order valence-corrected chi connectivity index (χ1v) is 9.02. The van der Waals surface area contributed by atoms with Crippen LogP contribution in [-0.2, 0) is 6.54 Å². The lowest BCUT2D eigenvalue weighted by atomic mass is 10.2. The van der Waals surface area contributed by atoms with Gasteiger partial charge in [0.2, 0.25) is 0 Å². The van der Waals surface area contributed by atoms with Crippen molar-refractivity contribution in [1.29, 1.82) is 0 Å². The van der Waals surface area contributed by atoms with Gasteiger partial charge in [0, 0.05) is 4.88 Å². The molecule has 0 saturated heterocycles. The number of aryl methyl sites for hydroxylation is 2. The van der Waals surface area contributed by atoms with Crippen molar-refractivity contribution in [3.05, 3.63) is 55.8 Å². The maximum atomic E-state index is 12.4. The molecule has 0 fully saturated rings. The highest BCUT2D eigenvalue weighted by Gasteiger charge is 2.18. The molecule has 0 saturated carbocycles. The lowest BCUT2D eigenvalue weighted by molar-refractivity contribution is 0.102. The molecule has 0 unspecified atom stereocenters. The second-order valence-corrected chi connectivity index (χ2v) is 7.56. The van der Waals surface area contributed by atoms with Gasteiger partial charge in [0.25, 0.3) is 5.91 Å². The van der Waals surface area contributed by atoms with Gasteiger partial charge >= 0.3 is 0 Å². The summed E-state index contributed by atoms with van der Waals surface area (Å²) in [5, 5.41) is 12.4. The molecule has 6 nitrogen and oxygen atoms in total. The van der Waals surface area contributed by atoms with Crippen LogP contribution in [0, 0.1) is 20.8 Å². The second-order valence-electron chi connectivity index (χ2n) is 5.54. The first-order valence-electron chi connectivity index (χ1n) is 7.44. The van der Waals surface area contributed by atoms with Crippen molar-refractivity contribution >= 4 is 45.6 Å². The SMILES string of the molecule is Cc1nc(NC(=O)c2nnn(Cc3ccc(Cl)c(Cl)c3)c2C)sc1C. The van der Waals surface area contributed by atoms with Crippen LogP contribution in [-0.4, -0.2) is 25.9 Å². The number of hydrogen-bond donors (Lipinski definition) is 1. The van der Waals surface area contributed by atoms with E-state index in [0.717, 1.165) is 16.1 Å². The Kier molecular flexibility index (Phi) is 5.08. The molecule has 0 aliphatic heterocycles. The van der Waals surface area contributed by atoms with Gasteiger partial charge in [-0.25, -0.2) is 9.67 Å². The van der Waals surface area contributed by atoms with Crippen molar-refractivity contribution < 1.29 is 4.79 Å². The molecule has 0 radical (unpaired) electrons. The van der Waals surface area contributed by atoms with Crippen molar-refractivity contribution in [2.75, 3.05) is 5.32 Å². The van der Waals surface area contributed by atoms with Gasteiger partial charge in [-0.15, -0.1) is 16.4 Å². The van der Waals surface area contributed by atoms with Crippen LogP contribution < -0.4 is 5.32 Å². The summed E-state index contributed by atoms with van der Waals surface area (Å²) in [6.45, 7) is 6.10. The Bertz CT molecular complexity index is 931. The van der Waals surface area contributed by atoms with Gasteiger partial charge in [0.1, 0.15) is 0 Å². The number of nitrogens with one attached hydrogen (secondary N) is 1. The Hall–Kier alpha value is -1.96. The fourth-order valence-corrected chi connectivity index (χ4v) is 3.34. The van der Waals surface area contributed by atoms with Gasteiger partial charge in [-0.05, 0) is 38.5 Å². The highest BCUT2D eigenvalue weighted by molar-refractivity contribution is 7.15. The molecule has 3 aromatic rings. The average molecular weight is 396 g/mol. The van der Waals surface area contributed by atoms with E-state index in [9.17, 15) is 4.79 Å². The molecule has 0 atom stereocenters. The molecule has 1 aromatic carbocycles. The Balaban J connectivity index is 1.78. The first kappa shape index (κ1) is 17.8. The van der Waals surface area contributed by atoms with Crippen LogP contribution >= 0.6 is 34.5 Å². The molecular weight excluding hydrogens is 381 g/mol. The smallest absolute Gasteiger partial charge is 0.279 e. The number of rotatable bonds is 4. The number of nitrogens with zero attached hydrogens (tertiary/aromatic N) is 4. The fraction of sp³-hybridized carbons (Fsp3) is 0.250. The van der Waals surface area contributed by atoms with Crippen molar-refractivity contribution in [3.8, 4) is 0 Å². The van der Waals surface area contributed by atoms with E-state index in [1.807, 2.05) is 19.9 Å². The topological polar surface area (TPSA) is 72.7 Å². The summed E-state index contributed by atoms with van der Waals surface area (Å²) in [6.07, 6.45) is 0. The molecule has 1 amide bonds. The number of thiazole rings is 1. The lowest BCUT2D eigenvalue weighted by Crippen LogP contribution is -2.14. The zero-order valence-electron chi connectivity index (χ0n) is 13.8. The van der Waals surface area contributed by atoms with Crippen LogP contribution in [0.15, 0.2) is 18.2 Å². The van der Waals surface area contributed by atoms with Crippen molar-refractivity contribution in [3.63, 3.8) is 0 Å². The van der Waals surface area contributed by atoms with Gasteiger partial charge in [-0.1, -0.05) is 34.5 Å². The second kappa shape index (κ2) is 7.11. The van der Waals surface area contributed by atoms with Crippen LogP contribution in [0.1, 0.15) is 32.3 Å². The van der Waals surface area contributed by atoms with E-state index in [1.54, 1.807) is 23.7 Å². The molecule has 0 aliphatic rings. The molecule has 3 rings (SSSR count). The maximum absolute atomic E-state index is 12.4. The molecule has 130 valence electrons. The average Bonchev–Trinajstić information content (AvgIpc) is 3.06. The summed E-state index contributed by atoms with van der Waals surface area (Å²) in [4.78, 5) is 17.8. The van der Waals surface area contributed by atoms with E-state index in [4.69, 9.17) is 23.2 Å². The van der Waals surface area contributed by atoms with Gasteiger partial charge in [-0.2, -0.15) is 0 Å². The Morgan fingerprint density at radius 1 is 1.24 bits per heavy atom. The van der Waals surface area contributed by atoms with Crippen LogP contribution in [0.2, 0.25) is 10.0 Å². The number of carbonyl (C=O) groups excluding carboxylic acids is 1. The standard InChI is InChI=1S/C16H15Cl2N5OS/c1-8-10(3)25-16(19-8)20-15(24)14-9(2)23(22-21-14)7-11-4-5-12(17)13(18)6-11/h4-6H,7H2,1-3H3,(H,19,20,24). The molecule has 25 heavy (non-hydrogen) atoms. The molecule has 0 spiro atoms. The van der Waals surface area contributed by atoms with Gasteiger partial charge in [-0.3, -0.25) is 10.1 Å². The van der Waals surface area contributed by atoms with Crippen LogP contribution in [0.5, 0.6) is 0 Å². The van der Waals surface area contributed by atoms with Crippen molar-refractivity contribution in [2.45, 2.75) is 27.3 Å². The number of carbonyl (C=O) groups is 1. The number of aromatic nitrogens is 4. The summed E-state index contributed by atoms with van der Waals surface area (Å²) in [5.74, 6) is -0.327. The Morgan fingerprint density at radius 2 is 2.00 bits per heavy atom. The number of benzene rings is 1. The summed E-state index contributed by atoms with van der Waals surface area (Å²) < 4.78 is 1.65. The fourth-order valence-electron chi connectivity index (χ4n) is 2.21. The largest absolute Gasteiger partial charge is 0.296 e. The molecule has 0 aliphatic carbocycles. The monoisotopic (exact) mass is 395 g/mol. The zero-order chi connectivity index (χ0) is 18.1. The number of anilines is 1. The molecule has 1 N–H and O–H groups in total. The third kappa shape index (κ3) is 3.84. The highest BCUT2D eigenvalue weighted by Crippen LogP contribution is 2.24. The third-order valence-electron chi connectivity index (χ3n) is 3.76. The summed E-state index contributed by atoms with van der Waals surface area (Å²) >= 11 is 13.4. The molecule has 2 heterocycles.